The summed E-state index contributed by atoms with van der Waals surface area (Å²) in [5, 5.41) is 6.26. The molecule has 0 unspecified atom stereocenters. The van der Waals surface area contributed by atoms with Crippen molar-refractivity contribution in [2.24, 2.45) is 11.8 Å². The molecule has 0 aromatic heterocycles. The molecule has 3 aliphatic rings. The zero-order chi connectivity index (χ0) is 28.7. The average Bonchev–Trinajstić information content (AvgIpc) is 3.59. The minimum absolute atomic E-state index is 0.00468. The van der Waals surface area contributed by atoms with Crippen LogP contribution in [0.1, 0.15) is 28.7 Å². The molecule has 6 rings (SSSR count). The molecule has 4 atom stereocenters. The quantitative estimate of drug-likeness (QED) is 0.310. The van der Waals surface area contributed by atoms with Crippen LogP contribution in [0.5, 0.6) is 28.7 Å². The van der Waals surface area contributed by atoms with Gasteiger partial charge in [0, 0.05) is 17.5 Å². The number of hydrogen-bond acceptors (Lipinski definition) is 10. The van der Waals surface area contributed by atoms with Gasteiger partial charge < -0.3 is 39.1 Å². The van der Waals surface area contributed by atoms with Crippen molar-refractivity contribution < 1.29 is 42.4 Å². The first-order chi connectivity index (χ1) is 19.9. The number of halogens is 1. The maximum absolute atomic E-state index is 13.6. The highest BCUT2D eigenvalue weighted by molar-refractivity contribution is 5.80. The van der Waals surface area contributed by atoms with E-state index in [1.54, 1.807) is 31.3 Å². The van der Waals surface area contributed by atoms with Gasteiger partial charge in [0.15, 0.2) is 23.0 Å². The number of methoxy groups -OCH3 is 2. The molecule has 2 heterocycles. The van der Waals surface area contributed by atoms with Gasteiger partial charge in [-0.2, -0.15) is 0 Å². The van der Waals surface area contributed by atoms with Crippen molar-refractivity contribution in [3.05, 3.63) is 71.0 Å². The van der Waals surface area contributed by atoms with Gasteiger partial charge in [-0.3, -0.25) is 9.59 Å². The summed E-state index contributed by atoms with van der Waals surface area (Å²) < 4.78 is 47.5. The SMILES string of the molecule is CNCC(=O)Oc1c(OC)cc([C@@H]2c3cc4c(cc3[C@@H](Nc3ccc(F)cc3)[C@H]3COC(=O)[C@H]23)OCO4)cc1OC. The van der Waals surface area contributed by atoms with Crippen molar-refractivity contribution in [2.45, 2.75) is 12.0 Å². The highest BCUT2D eigenvalue weighted by atomic mass is 19.1. The Balaban J connectivity index is 1.50. The smallest absolute Gasteiger partial charge is 0.325 e. The third-order valence-electron chi connectivity index (χ3n) is 7.73. The predicted molar refractivity (Wildman–Crippen MR) is 144 cm³/mol. The lowest BCUT2D eigenvalue weighted by Gasteiger charge is -2.40. The van der Waals surface area contributed by atoms with Gasteiger partial charge in [0.1, 0.15) is 5.82 Å². The first-order valence-corrected chi connectivity index (χ1v) is 13.1. The summed E-state index contributed by atoms with van der Waals surface area (Å²) in [4.78, 5) is 25.7. The van der Waals surface area contributed by atoms with Gasteiger partial charge in [0.05, 0.1) is 39.3 Å². The standard InChI is InChI=1S/C30H29FN2O8/c1-32-12-25(34)41-29-23(36-2)8-15(9-24(29)37-3)26-18-10-21-22(40-14-39-21)11-19(18)28(20-13-38-30(35)27(20)26)33-17-6-4-16(31)5-7-17/h4-11,20,26-28,32-33H,12-14H2,1-3H3/t20-,26+,27-,28+/m0/s1. The van der Waals surface area contributed by atoms with Crippen LogP contribution in [0.3, 0.4) is 0 Å². The molecule has 0 bridgehead atoms. The van der Waals surface area contributed by atoms with Crippen molar-refractivity contribution in [1.29, 1.82) is 0 Å². The van der Waals surface area contributed by atoms with Gasteiger partial charge in [-0.15, -0.1) is 0 Å². The molecule has 1 saturated heterocycles. The van der Waals surface area contributed by atoms with Crippen molar-refractivity contribution in [3.63, 3.8) is 0 Å². The Kier molecular flexibility index (Phi) is 7.04. The van der Waals surface area contributed by atoms with Crippen LogP contribution in [0.25, 0.3) is 0 Å². The Labute approximate surface area is 235 Å². The van der Waals surface area contributed by atoms with Crippen LogP contribution in [0.4, 0.5) is 10.1 Å². The molecule has 3 aromatic carbocycles. The number of esters is 2. The van der Waals surface area contributed by atoms with E-state index < -0.39 is 17.8 Å². The third kappa shape index (κ3) is 4.76. The summed E-state index contributed by atoms with van der Waals surface area (Å²) in [6.45, 7) is 0.276. The molecular weight excluding hydrogens is 535 g/mol. The molecule has 3 aromatic rings. The molecule has 214 valence electrons. The molecule has 10 nitrogen and oxygen atoms in total. The van der Waals surface area contributed by atoms with E-state index in [-0.39, 0.29) is 60.9 Å². The molecule has 1 fully saturated rings. The predicted octanol–water partition coefficient (Wildman–Crippen LogP) is 3.78. The fourth-order valence-corrected chi connectivity index (χ4v) is 5.95. The van der Waals surface area contributed by atoms with E-state index in [4.69, 9.17) is 28.4 Å². The minimum atomic E-state index is -0.576. The summed E-state index contributed by atoms with van der Waals surface area (Å²) in [5.41, 5.74) is 3.14. The number of rotatable bonds is 8. The van der Waals surface area contributed by atoms with Crippen LogP contribution < -0.4 is 34.3 Å². The van der Waals surface area contributed by atoms with E-state index in [0.717, 1.165) is 11.1 Å². The number of benzene rings is 3. The topological polar surface area (TPSA) is 114 Å². The normalized spacial score (nSPS) is 21.9. The zero-order valence-corrected chi connectivity index (χ0v) is 22.7. The van der Waals surface area contributed by atoms with Crippen LogP contribution in [-0.2, 0) is 14.3 Å². The fraction of sp³-hybridized carbons (Fsp3) is 0.333. The summed E-state index contributed by atoms with van der Waals surface area (Å²) >= 11 is 0. The van der Waals surface area contributed by atoms with Crippen molar-refractivity contribution in [1.82, 2.24) is 5.32 Å². The van der Waals surface area contributed by atoms with Crippen LogP contribution in [0.2, 0.25) is 0 Å². The summed E-state index contributed by atoms with van der Waals surface area (Å²) in [6.07, 6.45) is 0. The Morgan fingerprint density at radius 3 is 2.27 bits per heavy atom. The third-order valence-corrected chi connectivity index (χ3v) is 7.73. The zero-order valence-electron chi connectivity index (χ0n) is 22.7. The largest absolute Gasteiger partial charge is 0.493 e. The lowest BCUT2D eigenvalue weighted by Crippen LogP contribution is -2.37. The summed E-state index contributed by atoms with van der Waals surface area (Å²) in [5.74, 6) is -0.654. The Bertz CT molecular complexity index is 1470. The number of anilines is 1. The van der Waals surface area contributed by atoms with E-state index in [1.165, 1.54) is 26.4 Å². The van der Waals surface area contributed by atoms with Crippen molar-refractivity contribution in [3.8, 4) is 28.7 Å². The summed E-state index contributed by atoms with van der Waals surface area (Å²) in [6, 6.07) is 13.0. The lowest BCUT2D eigenvalue weighted by atomic mass is 9.65. The Morgan fingerprint density at radius 2 is 1.63 bits per heavy atom. The second kappa shape index (κ2) is 10.8. The van der Waals surface area contributed by atoms with Crippen LogP contribution in [0.15, 0.2) is 48.5 Å². The van der Waals surface area contributed by atoms with Crippen molar-refractivity contribution in [2.75, 3.05) is 46.5 Å². The second-order valence-corrected chi connectivity index (χ2v) is 10.0. The molecule has 41 heavy (non-hydrogen) atoms. The van der Waals surface area contributed by atoms with Crippen LogP contribution >= 0.6 is 0 Å². The number of nitrogens with one attached hydrogen (secondary N) is 2. The van der Waals surface area contributed by atoms with E-state index >= 15 is 0 Å². The Morgan fingerprint density at radius 1 is 0.976 bits per heavy atom. The van der Waals surface area contributed by atoms with E-state index in [1.807, 2.05) is 12.1 Å². The number of carbonyl (C=O) groups excluding carboxylic acids is 2. The number of fused-ring (bicyclic) bond motifs is 3. The highest BCUT2D eigenvalue weighted by Gasteiger charge is 2.52. The number of likely N-dealkylation sites (N-methyl/N-ethyl adjacent to an activating group) is 1. The molecule has 2 aliphatic heterocycles. The van der Waals surface area contributed by atoms with Crippen LogP contribution in [0, 0.1) is 17.7 Å². The molecule has 0 amide bonds. The fourth-order valence-electron chi connectivity index (χ4n) is 5.95. The number of ether oxygens (including phenoxy) is 6. The monoisotopic (exact) mass is 564 g/mol. The maximum Gasteiger partial charge on any atom is 0.325 e. The lowest BCUT2D eigenvalue weighted by molar-refractivity contribution is -0.141. The molecule has 0 radical (unpaired) electrons. The van der Waals surface area contributed by atoms with Gasteiger partial charge in [-0.25, -0.2) is 4.39 Å². The molecular formula is C30H29FN2O8. The first-order valence-electron chi connectivity index (χ1n) is 13.1. The van der Waals surface area contributed by atoms with Gasteiger partial charge in [-0.1, -0.05) is 0 Å². The minimum Gasteiger partial charge on any atom is -0.493 e. The van der Waals surface area contributed by atoms with Gasteiger partial charge in [-0.05, 0) is 72.3 Å². The van der Waals surface area contributed by atoms with E-state index in [2.05, 4.69) is 10.6 Å². The second-order valence-electron chi connectivity index (χ2n) is 10.0. The molecule has 11 heteroatoms. The molecule has 0 spiro atoms. The summed E-state index contributed by atoms with van der Waals surface area (Å²) in [7, 11) is 4.58. The molecule has 0 saturated carbocycles. The highest BCUT2D eigenvalue weighted by Crippen LogP contribution is 2.56. The number of cyclic esters (lactones) is 1. The first kappa shape index (κ1) is 26.7. The van der Waals surface area contributed by atoms with Gasteiger partial charge in [0.2, 0.25) is 12.5 Å². The molecule has 2 N–H and O–H groups in total. The van der Waals surface area contributed by atoms with Crippen molar-refractivity contribution >= 4 is 17.6 Å². The number of carbonyl (C=O) groups is 2. The molecule has 1 aliphatic carbocycles. The van der Waals surface area contributed by atoms with Crippen LogP contribution in [-0.4, -0.2) is 53.2 Å². The van der Waals surface area contributed by atoms with Gasteiger partial charge in [0.25, 0.3) is 0 Å². The van der Waals surface area contributed by atoms with Gasteiger partial charge >= 0.3 is 11.9 Å². The van der Waals surface area contributed by atoms with E-state index in [9.17, 15) is 14.0 Å². The number of hydrogen-bond donors (Lipinski definition) is 2. The Hall–Kier alpha value is -4.51. The van der Waals surface area contributed by atoms with E-state index in [0.29, 0.717) is 22.7 Å². The average molecular weight is 565 g/mol. The maximum atomic E-state index is 13.6.